The minimum absolute atomic E-state index is 0.359. The predicted octanol–water partition coefficient (Wildman–Crippen LogP) is 6.19. The molecule has 2 heteroatoms. The van der Waals surface area contributed by atoms with Crippen LogP contribution in [0.3, 0.4) is 0 Å². The fourth-order valence-electron chi connectivity index (χ4n) is 3.72. The molecule has 128 valence electrons. The second kappa shape index (κ2) is 7.85. The zero-order chi connectivity index (χ0) is 17.0. The number of rotatable bonds is 6. The average Bonchev–Trinajstić information content (AvgIpc) is 2.48. The zero-order valence-electron chi connectivity index (χ0n) is 15.2. The van der Waals surface area contributed by atoms with Gasteiger partial charge < -0.3 is 5.32 Å². The quantitative estimate of drug-likeness (QED) is 0.611. The van der Waals surface area contributed by atoms with Gasteiger partial charge in [0.2, 0.25) is 0 Å². The van der Waals surface area contributed by atoms with E-state index >= 15 is 0 Å². The molecule has 1 saturated carbocycles. The molecule has 0 bridgehead atoms. The van der Waals surface area contributed by atoms with Crippen LogP contribution >= 0.6 is 11.6 Å². The third kappa shape index (κ3) is 5.36. The van der Waals surface area contributed by atoms with Crippen molar-refractivity contribution < 1.29 is 0 Å². The van der Waals surface area contributed by atoms with E-state index in [0.29, 0.717) is 23.3 Å². The summed E-state index contributed by atoms with van der Waals surface area (Å²) in [5, 5.41) is 4.63. The maximum Gasteiger partial charge on any atom is 0.0406 e. The summed E-state index contributed by atoms with van der Waals surface area (Å²) in [6, 6.07) is 8.90. The van der Waals surface area contributed by atoms with Gasteiger partial charge in [-0.25, -0.2) is 0 Å². The second-order valence-electron chi connectivity index (χ2n) is 8.20. The van der Waals surface area contributed by atoms with Gasteiger partial charge in [-0.2, -0.15) is 0 Å². The maximum atomic E-state index is 6.05. The Kier molecular flexibility index (Phi) is 6.33. The van der Waals surface area contributed by atoms with Crippen molar-refractivity contribution in [2.45, 2.75) is 65.3 Å². The van der Waals surface area contributed by atoms with Crippen molar-refractivity contribution in [3.63, 3.8) is 0 Å². The predicted molar refractivity (Wildman–Crippen MR) is 102 cm³/mol. The highest BCUT2D eigenvalue weighted by molar-refractivity contribution is 6.30. The molecule has 2 atom stereocenters. The Morgan fingerprint density at radius 1 is 1.30 bits per heavy atom. The van der Waals surface area contributed by atoms with E-state index in [1.54, 1.807) is 0 Å². The van der Waals surface area contributed by atoms with Crippen LogP contribution in [0.2, 0.25) is 5.02 Å². The lowest BCUT2D eigenvalue weighted by atomic mass is 9.75. The van der Waals surface area contributed by atoms with Gasteiger partial charge >= 0.3 is 0 Å². The second-order valence-corrected chi connectivity index (χ2v) is 8.64. The van der Waals surface area contributed by atoms with E-state index in [9.17, 15) is 0 Å². The number of nitrogens with one attached hydrogen (secondary N) is 1. The highest BCUT2D eigenvalue weighted by Gasteiger charge is 2.28. The monoisotopic (exact) mass is 333 g/mol. The van der Waals surface area contributed by atoms with E-state index in [1.165, 1.54) is 36.8 Å². The van der Waals surface area contributed by atoms with Gasteiger partial charge in [-0.15, -0.1) is 0 Å². The molecule has 0 amide bonds. The maximum absolute atomic E-state index is 6.05. The number of benzene rings is 1. The van der Waals surface area contributed by atoms with Gasteiger partial charge in [0.1, 0.15) is 0 Å². The van der Waals surface area contributed by atoms with Crippen molar-refractivity contribution >= 4 is 11.6 Å². The minimum atomic E-state index is 0.359. The van der Waals surface area contributed by atoms with Crippen LogP contribution in [0.1, 0.15) is 64.9 Å². The zero-order valence-corrected chi connectivity index (χ0v) is 15.9. The Balaban J connectivity index is 2.06. The van der Waals surface area contributed by atoms with Crippen molar-refractivity contribution in [2.75, 3.05) is 6.54 Å². The van der Waals surface area contributed by atoms with Crippen molar-refractivity contribution in [3.05, 3.63) is 47.0 Å². The third-order valence-corrected chi connectivity index (χ3v) is 5.53. The summed E-state index contributed by atoms with van der Waals surface area (Å²) in [6.45, 7) is 14.6. The highest BCUT2D eigenvalue weighted by atomic mass is 35.5. The normalized spacial score (nSPS) is 22.1. The van der Waals surface area contributed by atoms with E-state index in [0.717, 1.165) is 11.6 Å². The van der Waals surface area contributed by atoms with Crippen molar-refractivity contribution in [3.8, 4) is 0 Å². The molecule has 1 fully saturated rings. The van der Waals surface area contributed by atoms with E-state index in [1.807, 2.05) is 12.1 Å². The summed E-state index contributed by atoms with van der Waals surface area (Å²) in [6.07, 6.45) is 5.26. The molecular formula is C21H32ClN. The SMILES string of the molecule is C=C(C(C)C)[C@H](CNC1CCCC(C)(C)C1)c1ccc(Cl)cc1. The van der Waals surface area contributed by atoms with Crippen LogP contribution in [0.5, 0.6) is 0 Å². The molecule has 23 heavy (non-hydrogen) atoms. The molecule has 0 spiro atoms. The summed E-state index contributed by atoms with van der Waals surface area (Å²) < 4.78 is 0. The van der Waals surface area contributed by atoms with Crippen LogP contribution in [0.25, 0.3) is 0 Å². The first-order chi connectivity index (χ1) is 10.8. The summed E-state index contributed by atoms with van der Waals surface area (Å²) in [5.74, 6) is 0.845. The van der Waals surface area contributed by atoms with Crippen LogP contribution in [0, 0.1) is 11.3 Å². The van der Waals surface area contributed by atoms with Crippen LogP contribution in [0.15, 0.2) is 36.4 Å². The van der Waals surface area contributed by atoms with Gasteiger partial charge in [-0.1, -0.05) is 70.0 Å². The molecule has 0 saturated heterocycles. The highest BCUT2D eigenvalue weighted by Crippen LogP contribution is 2.36. The Morgan fingerprint density at radius 3 is 2.52 bits per heavy atom. The van der Waals surface area contributed by atoms with E-state index in [2.05, 4.69) is 51.7 Å². The number of hydrogen-bond acceptors (Lipinski definition) is 1. The average molecular weight is 334 g/mol. The standard InChI is InChI=1S/C21H32ClN/c1-15(2)16(3)20(17-8-10-18(22)11-9-17)14-23-19-7-6-12-21(4,5)13-19/h8-11,15,19-20,23H,3,6-7,12-14H2,1-2,4-5H3/t19?,20-/m0/s1. The topological polar surface area (TPSA) is 12.0 Å². The van der Waals surface area contributed by atoms with Gasteiger partial charge in [0.15, 0.2) is 0 Å². The van der Waals surface area contributed by atoms with Crippen molar-refractivity contribution in [1.82, 2.24) is 5.32 Å². The first-order valence-corrected chi connectivity index (χ1v) is 9.34. The van der Waals surface area contributed by atoms with Crippen LogP contribution in [-0.4, -0.2) is 12.6 Å². The molecule has 1 nitrogen and oxygen atoms in total. The molecule has 0 aromatic heterocycles. The number of halogens is 1. The first-order valence-electron chi connectivity index (χ1n) is 8.96. The van der Waals surface area contributed by atoms with E-state index < -0.39 is 0 Å². The molecule has 1 aliphatic carbocycles. The Bertz CT molecular complexity index is 515. The van der Waals surface area contributed by atoms with Crippen LogP contribution in [-0.2, 0) is 0 Å². The summed E-state index contributed by atoms with van der Waals surface area (Å²) in [7, 11) is 0. The lowest BCUT2D eigenvalue weighted by Gasteiger charge is -2.36. The smallest absolute Gasteiger partial charge is 0.0406 e. The lowest BCUT2D eigenvalue weighted by Crippen LogP contribution is -2.39. The number of hydrogen-bond donors (Lipinski definition) is 1. The Morgan fingerprint density at radius 2 is 1.96 bits per heavy atom. The summed E-state index contributed by atoms with van der Waals surface area (Å²) in [4.78, 5) is 0. The van der Waals surface area contributed by atoms with Gasteiger partial charge in [-0.05, 0) is 48.3 Å². The molecule has 2 rings (SSSR count). The van der Waals surface area contributed by atoms with Crippen molar-refractivity contribution in [2.24, 2.45) is 11.3 Å². The first kappa shape index (κ1) is 18.5. The van der Waals surface area contributed by atoms with Gasteiger partial charge in [0.25, 0.3) is 0 Å². The molecule has 0 radical (unpaired) electrons. The minimum Gasteiger partial charge on any atom is -0.313 e. The van der Waals surface area contributed by atoms with Crippen molar-refractivity contribution in [1.29, 1.82) is 0 Å². The molecule has 1 aliphatic rings. The Hall–Kier alpha value is -0.790. The lowest BCUT2D eigenvalue weighted by molar-refractivity contribution is 0.198. The summed E-state index contributed by atoms with van der Waals surface area (Å²) in [5.41, 5.74) is 3.09. The molecule has 1 aromatic carbocycles. The molecule has 1 N–H and O–H groups in total. The largest absolute Gasteiger partial charge is 0.313 e. The molecule has 0 aliphatic heterocycles. The van der Waals surface area contributed by atoms with Gasteiger partial charge in [0.05, 0.1) is 0 Å². The fraction of sp³-hybridized carbons (Fsp3) is 0.619. The van der Waals surface area contributed by atoms with Crippen LogP contribution in [0.4, 0.5) is 0 Å². The molecule has 1 unspecified atom stereocenters. The van der Waals surface area contributed by atoms with Crippen LogP contribution < -0.4 is 5.32 Å². The molecular weight excluding hydrogens is 302 g/mol. The molecule has 0 heterocycles. The summed E-state index contributed by atoms with van der Waals surface area (Å²) >= 11 is 6.05. The molecule has 1 aromatic rings. The van der Waals surface area contributed by atoms with Gasteiger partial charge in [-0.3, -0.25) is 0 Å². The van der Waals surface area contributed by atoms with Gasteiger partial charge in [0, 0.05) is 23.5 Å². The fourth-order valence-corrected chi connectivity index (χ4v) is 3.84. The van der Waals surface area contributed by atoms with E-state index in [4.69, 9.17) is 11.6 Å². The Labute approximate surface area is 147 Å². The third-order valence-electron chi connectivity index (χ3n) is 5.28. The van der Waals surface area contributed by atoms with E-state index in [-0.39, 0.29) is 0 Å².